The van der Waals surface area contributed by atoms with Crippen LogP contribution in [0.4, 0.5) is 10.8 Å². The SMILES string of the molecule is Cl.Clc1ccc(Cl)c(Nc2nc(-c3cccs3)cs2)c1. The molecule has 0 spiro atoms. The van der Waals surface area contributed by atoms with Gasteiger partial charge in [-0.25, -0.2) is 4.98 Å². The highest BCUT2D eigenvalue weighted by Crippen LogP contribution is 2.32. The smallest absolute Gasteiger partial charge is 0.187 e. The van der Waals surface area contributed by atoms with Crippen LogP contribution >= 0.6 is 58.3 Å². The Morgan fingerprint density at radius 2 is 1.95 bits per heavy atom. The van der Waals surface area contributed by atoms with E-state index in [1.807, 2.05) is 16.8 Å². The van der Waals surface area contributed by atoms with Crippen molar-refractivity contribution in [2.24, 2.45) is 0 Å². The van der Waals surface area contributed by atoms with E-state index in [-0.39, 0.29) is 12.4 Å². The number of nitrogens with zero attached hydrogens (tertiary/aromatic N) is 1. The Morgan fingerprint density at radius 3 is 2.70 bits per heavy atom. The van der Waals surface area contributed by atoms with Crippen LogP contribution in [0.1, 0.15) is 0 Å². The molecule has 7 heteroatoms. The molecule has 3 aromatic rings. The molecule has 0 saturated carbocycles. The van der Waals surface area contributed by atoms with Gasteiger partial charge >= 0.3 is 0 Å². The van der Waals surface area contributed by atoms with E-state index < -0.39 is 0 Å². The first-order valence-corrected chi connectivity index (χ1v) is 7.95. The molecule has 2 nitrogen and oxygen atoms in total. The van der Waals surface area contributed by atoms with Crippen molar-refractivity contribution >= 4 is 69.1 Å². The predicted molar refractivity (Wildman–Crippen MR) is 92.4 cm³/mol. The molecule has 1 N–H and O–H groups in total. The monoisotopic (exact) mass is 362 g/mol. The van der Waals surface area contributed by atoms with Gasteiger partial charge in [0.05, 0.1) is 21.3 Å². The Kier molecular flexibility index (Phi) is 5.29. The third-order valence-electron chi connectivity index (χ3n) is 2.45. The van der Waals surface area contributed by atoms with E-state index in [0.29, 0.717) is 10.0 Å². The Labute approximate surface area is 140 Å². The maximum atomic E-state index is 6.11. The van der Waals surface area contributed by atoms with Gasteiger partial charge in [-0.05, 0) is 29.6 Å². The third-order valence-corrected chi connectivity index (χ3v) is 4.66. The number of hydrogen-bond donors (Lipinski definition) is 1. The summed E-state index contributed by atoms with van der Waals surface area (Å²) in [5.74, 6) is 0. The summed E-state index contributed by atoms with van der Waals surface area (Å²) >= 11 is 15.3. The van der Waals surface area contributed by atoms with Crippen LogP contribution in [-0.2, 0) is 0 Å². The molecule has 0 fully saturated rings. The summed E-state index contributed by atoms with van der Waals surface area (Å²) in [5.41, 5.74) is 1.74. The topological polar surface area (TPSA) is 24.9 Å². The lowest BCUT2D eigenvalue weighted by Crippen LogP contribution is -1.90. The van der Waals surface area contributed by atoms with Crippen LogP contribution in [0.15, 0.2) is 41.1 Å². The molecular formula is C13H9Cl3N2S2. The van der Waals surface area contributed by atoms with Gasteiger partial charge in [-0.2, -0.15) is 0 Å². The summed E-state index contributed by atoms with van der Waals surface area (Å²) < 4.78 is 0. The average Bonchev–Trinajstić information content (AvgIpc) is 3.04. The van der Waals surface area contributed by atoms with Gasteiger partial charge < -0.3 is 5.32 Å². The lowest BCUT2D eigenvalue weighted by molar-refractivity contribution is 1.40. The van der Waals surface area contributed by atoms with Crippen LogP contribution in [0.5, 0.6) is 0 Å². The maximum Gasteiger partial charge on any atom is 0.187 e. The number of thiophene rings is 1. The third kappa shape index (κ3) is 3.45. The van der Waals surface area contributed by atoms with Gasteiger partial charge in [-0.1, -0.05) is 29.3 Å². The number of thiazole rings is 1. The molecule has 0 aliphatic carbocycles. The van der Waals surface area contributed by atoms with E-state index in [1.54, 1.807) is 29.5 Å². The molecule has 0 aliphatic rings. The highest BCUT2D eigenvalue weighted by Gasteiger charge is 2.07. The molecule has 0 radical (unpaired) electrons. The van der Waals surface area contributed by atoms with Crippen LogP contribution in [0, 0.1) is 0 Å². The van der Waals surface area contributed by atoms with Crippen molar-refractivity contribution in [2.45, 2.75) is 0 Å². The van der Waals surface area contributed by atoms with Crippen LogP contribution in [-0.4, -0.2) is 4.98 Å². The van der Waals surface area contributed by atoms with Crippen molar-refractivity contribution in [1.82, 2.24) is 4.98 Å². The Bertz CT molecular complexity index is 695. The Balaban J connectivity index is 0.00000147. The van der Waals surface area contributed by atoms with Crippen LogP contribution in [0.25, 0.3) is 10.6 Å². The van der Waals surface area contributed by atoms with E-state index in [0.717, 1.165) is 21.4 Å². The van der Waals surface area contributed by atoms with Crippen molar-refractivity contribution in [2.75, 3.05) is 5.32 Å². The van der Waals surface area contributed by atoms with E-state index >= 15 is 0 Å². The zero-order valence-corrected chi connectivity index (χ0v) is 13.9. The molecule has 0 unspecified atom stereocenters. The fraction of sp³-hybridized carbons (Fsp3) is 0. The molecule has 2 aromatic heterocycles. The van der Waals surface area contributed by atoms with Gasteiger partial charge in [0.1, 0.15) is 0 Å². The number of halogens is 3. The summed E-state index contributed by atoms with van der Waals surface area (Å²) in [4.78, 5) is 5.69. The molecule has 1 aromatic carbocycles. The number of nitrogens with one attached hydrogen (secondary N) is 1. The fourth-order valence-electron chi connectivity index (χ4n) is 1.58. The van der Waals surface area contributed by atoms with Gasteiger partial charge in [0.25, 0.3) is 0 Å². The molecule has 0 aliphatic heterocycles. The Morgan fingerprint density at radius 1 is 1.10 bits per heavy atom. The summed E-state index contributed by atoms with van der Waals surface area (Å²) in [5, 5.41) is 9.31. The minimum absolute atomic E-state index is 0. The second-order valence-electron chi connectivity index (χ2n) is 3.76. The zero-order valence-electron chi connectivity index (χ0n) is 9.97. The number of aromatic nitrogens is 1. The second-order valence-corrected chi connectivity index (χ2v) is 6.41. The predicted octanol–water partition coefficient (Wildman–Crippen LogP) is 6.34. The molecular weight excluding hydrogens is 355 g/mol. The molecule has 20 heavy (non-hydrogen) atoms. The van der Waals surface area contributed by atoms with Crippen LogP contribution < -0.4 is 5.32 Å². The summed E-state index contributed by atoms with van der Waals surface area (Å²) in [6.45, 7) is 0. The lowest BCUT2D eigenvalue weighted by Gasteiger charge is -2.05. The molecule has 3 rings (SSSR count). The highest BCUT2D eigenvalue weighted by molar-refractivity contribution is 7.16. The molecule has 0 atom stereocenters. The van der Waals surface area contributed by atoms with Gasteiger partial charge in [0.15, 0.2) is 5.13 Å². The Hall–Kier alpha value is -0.780. The average molecular weight is 364 g/mol. The second kappa shape index (κ2) is 6.78. The number of hydrogen-bond acceptors (Lipinski definition) is 4. The first-order valence-electron chi connectivity index (χ1n) is 5.44. The molecule has 104 valence electrons. The van der Waals surface area contributed by atoms with Gasteiger partial charge in [0.2, 0.25) is 0 Å². The normalized spacial score (nSPS) is 10.1. The van der Waals surface area contributed by atoms with E-state index in [9.17, 15) is 0 Å². The number of rotatable bonds is 3. The number of anilines is 2. The minimum atomic E-state index is 0. The van der Waals surface area contributed by atoms with Gasteiger partial charge in [-0.15, -0.1) is 35.1 Å². The van der Waals surface area contributed by atoms with Gasteiger partial charge in [0, 0.05) is 10.4 Å². The highest BCUT2D eigenvalue weighted by atomic mass is 35.5. The lowest BCUT2D eigenvalue weighted by atomic mass is 10.3. The first-order chi connectivity index (χ1) is 9.22. The van der Waals surface area contributed by atoms with E-state index in [1.165, 1.54) is 11.3 Å². The first kappa shape index (κ1) is 15.6. The van der Waals surface area contributed by atoms with Crippen LogP contribution in [0.2, 0.25) is 10.0 Å². The van der Waals surface area contributed by atoms with Crippen LogP contribution in [0.3, 0.4) is 0 Å². The summed E-state index contributed by atoms with van der Waals surface area (Å²) in [7, 11) is 0. The van der Waals surface area contributed by atoms with E-state index in [2.05, 4.69) is 16.4 Å². The minimum Gasteiger partial charge on any atom is -0.330 e. The van der Waals surface area contributed by atoms with E-state index in [4.69, 9.17) is 23.2 Å². The molecule has 2 heterocycles. The van der Waals surface area contributed by atoms with Crippen molar-refractivity contribution in [3.8, 4) is 10.6 Å². The summed E-state index contributed by atoms with van der Waals surface area (Å²) in [6, 6.07) is 9.38. The zero-order chi connectivity index (χ0) is 13.2. The van der Waals surface area contributed by atoms with Crippen molar-refractivity contribution in [1.29, 1.82) is 0 Å². The standard InChI is InChI=1S/C13H8Cl2N2S2.ClH/c14-8-3-4-9(15)10(6-8)16-13-17-11(7-19-13)12-2-1-5-18-12;/h1-7H,(H,16,17);1H. The maximum absolute atomic E-state index is 6.11. The largest absolute Gasteiger partial charge is 0.330 e. The molecule has 0 saturated heterocycles. The number of benzene rings is 1. The fourth-order valence-corrected chi connectivity index (χ4v) is 3.40. The quantitative estimate of drug-likeness (QED) is 0.587. The molecule has 0 bridgehead atoms. The molecule has 0 amide bonds. The van der Waals surface area contributed by atoms with Crippen molar-refractivity contribution in [3.63, 3.8) is 0 Å². The van der Waals surface area contributed by atoms with Crippen molar-refractivity contribution < 1.29 is 0 Å². The van der Waals surface area contributed by atoms with Gasteiger partial charge in [-0.3, -0.25) is 0 Å². The summed E-state index contributed by atoms with van der Waals surface area (Å²) in [6.07, 6.45) is 0. The van der Waals surface area contributed by atoms with Crippen molar-refractivity contribution in [3.05, 3.63) is 51.1 Å².